The molecule has 0 aliphatic carbocycles. The van der Waals surface area contributed by atoms with Crippen molar-refractivity contribution < 1.29 is 4.74 Å². The van der Waals surface area contributed by atoms with Crippen molar-refractivity contribution in [3.63, 3.8) is 0 Å². The van der Waals surface area contributed by atoms with E-state index < -0.39 is 0 Å². The third-order valence-electron chi connectivity index (χ3n) is 3.12. The molecule has 0 spiro atoms. The molecule has 1 fully saturated rings. The van der Waals surface area contributed by atoms with E-state index in [2.05, 4.69) is 11.8 Å². The van der Waals surface area contributed by atoms with Crippen molar-refractivity contribution in [2.75, 3.05) is 25.4 Å². The number of piperidine rings is 1. The van der Waals surface area contributed by atoms with Crippen LogP contribution in [-0.4, -0.2) is 30.6 Å². The van der Waals surface area contributed by atoms with Crippen molar-refractivity contribution in [2.45, 2.75) is 25.9 Å². The van der Waals surface area contributed by atoms with E-state index in [1.807, 2.05) is 24.3 Å². The maximum Gasteiger partial charge on any atom is 0.142 e. The molecular weight excluding hydrogens is 200 g/mol. The Balaban J connectivity index is 1.97. The van der Waals surface area contributed by atoms with Gasteiger partial charge in [-0.25, -0.2) is 0 Å². The van der Waals surface area contributed by atoms with Gasteiger partial charge in [0.15, 0.2) is 0 Å². The summed E-state index contributed by atoms with van der Waals surface area (Å²) >= 11 is 0. The number of likely N-dealkylation sites (N-methyl/N-ethyl adjacent to an activating group) is 1. The molecule has 2 rings (SSSR count). The number of ether oxygens (including phenoxy) is 1. The lowest BCUT2D eigenvalue weighted by Gasteiger charge is -2.32. The van der Waals surface area contributed by atoms with E-state index in [1.54, 1.807) is 0 Å². The Labute approximate surface area is 97.2 Å². The van der Waals surface area contributed by atoms with Gasteiger partial charge in [0.25, 0.3) is 0 Å². The zero-order valence-electron chi connectivity index (χ0n) is 9.86. The van der Waals surface area contributed by atoms with Gasteiger partial charge in [-0.3, -0.25) is 4.90 Å². The van der Waals surface area contributed by atoms with Crippen molar-refractivity contribution in [1.82, 2.24) is 4.90 Å². The average molecular weight is 220 g/mol. The largest absolute Gasteiger partial charge is 0.487 e. The van der Waals surface area contributed by atoms with Gasteiger partial charge in [0, 0.05) is 6.54 Å². The van der Waals surface area contributed by atoms with Gasteiger partial charge in [-0.2, -0.15) is 0 Å². The molecule has 1 aromatic carbocycles. The van der Waals surface area contributed by atoms with Crippen LogP contribution in [0.4, 0.5) is 5.69 Å². The second kappa shape index (κ2) is 5.21. The molecule has 16 heavy (non-hydrogen) atoms. The topological polar surface area (TPSA) is 38.5 Å². The highest BCUT2D eigenvalue weighted by atomic mass is 16.5. The number of rotatable bonds is 3. The van der Waals surface area contributed by atoms with Crippen molar-refractivity contribution in [3.8, 4) is 5.75 Å². The first-order chi connectivity index (χ1) is 7.79. The third kappa shape index (κ3) is 2.67. The van der Waals surface area contributed by atoms with Crippen LogP contribution in [-0.2, 0) is 0 Å². The van der Waals surface area contributed by atoms with Crippen LogP contribution in [0, 0.1) is 0 Å². The molecule has 0 radical (unpaired) electrons. The molecule has 88 valence electrons. The Morgan fingerprint density at radius 2 is 2.25 bits per heavy atom. The zero-order valence-corrected chi connectivity index (χ0v) is 9.86. The van der Waals surface area contributed by atoms with Crippen LogP contribution in [0.3, 0.4) is 0 Å². The minimum absolute atomic E-state index is 0.290. The van der Waals surface area contributed by atoms with Crippen LogP contribution in [0.1, 0.15) is 19.8 Å². The van der Waals surface area contributed by atoms with Gasteiger partial charge in [0.1, 0.15) is 11.9 Å². The number of hydrogen-bond acceptors (Lipinski definition) is 3. The minimum Gasteiger partial charge on any atom is -0.487 e. The van der Waals surface area contributed by atoms with E-state index >= 15 is 0 Å². The summed E-state index contributed by atoms with van der Waals surface area (Å²) in [4.78, 5) is 2.42. The van der Waals surface area contributed by atoms with E-state index in [1.165, 1.54) is 13.0 Å². The molecule has 0 aromatic heterocycles. The first-order valence-corrected chi connectivity index (χ1v) is 6.03. The predicted octanol–water partition coefficient (Wildman–Crippen LogP) is 2.13. The molecule has 0 unspecified atom stereocenters. The minimum atomic E-state index is 0.290. The summed E-state index contributed by atoms with van der Waals surface area (Å²) in [6.45, 7) is 5.51. The number of nitrogens with zero attached hydrogens (tertiary/aromatic N) is 1. The number of anilines is 1. The first kappa shape index (κ1) is 11.3. The van der Waals surface area contributed by atoms with Gasteiger partial charge in [-0.05, 0) is 38.1 Å². The van der Waals surface area contributed by atoms with E-state index in [9.17, 15) is 0 Å². The second-order valence-electron chi connectivity index (χ2n) is 4.31. The summed E-state index contributed by atoms with van der Waals surface area (Å²) in [5.41, 5.74) is 6.60. The van der Waals surface area contributed by atoms with Crippen LogP contribution in [0.25, 0.3) is 0 Å². The Morgan fingerprint density at radius 1 is 1.44 bits per heavy atom. The fourth-order valence-corrected chi connectivity index (χ4v) is 2.16. The Hall–Kier alpha value is -1.22. The summed E-state index contributed by atoms with van der Waals surface area (Å²) in [7, 11) is 0. The fraction of sp³-hybridized carbons (Fsp3) is 0.538. The van der Waals surface area contributed by atoms with Crippen LogP contribution >= 0.6 is 0 Å². The highest BCUT2D eigenvalue weighted by molar-refractivity contribution is 5.51. The molecular formula is C13H20N2O. The van der Waals surface area contributed by atoms with E-state index in [0.717, 1.165) is 30.9 Å². The van der Waals surface area contributed by atoms with Gasteiger partial charge >= 0.3 is 0 Å². The predicted molar refractivity (Wildman–Crippen MR) is 66.6 cm³/mol. The molecule has 0 amide bonds. The Morgan fingerprint density at radius 3 is 3.00 bits per heavy atom. The van der Waals surface area contributed by atoms with Gasteiger partial charge in [-0.15, -0.1) is 0 Å². The van der Waals surface area contributed by atoms with E-state index in [-0.39, 0.29) is 0 Å². The lowest BCUT2D eigenvalue weighted by molar-refractivity contribution is 0.0925. The Bertz CT molecular complexity index is 340. The van der Waals surface area contributed by atoms with Crippen LogP contribution < -0.4 is 10.5 Å². The number of nitrogen functional groups attached to an aromatic ring is 1. The van der Waals surface area contributed by atoms with Crippen molar-refractivity contribution in [3.05, 3.63) is 24.3 Å². The standard InChI is InChI=1S/C13H20N2O/c1-2-15-9-5-6-11(10-15)16-13-8-4-3-7-12(13)14/h3-4,7-8,11H,2,5-6,9-10,14H2,1H3/t11-/m1/s1. The van der Waals surface area contributed by atoms with Crippen molar-refractivity contribution in [1.29, 1.82) is 0 Å². The maximum absolute atomic E-state index is 5.95. The van der Waals surface area contributed by atoms with Crippen molar-refractivity contribution in [2.24, 2.45) is 0 Å². The summed E-state index contributed by atoms with van der Waals surface area (Å²) in [6, 6.07) is 7.73. The number of para-hydroxylation sites is 2. The van der Waals surface area contributed by atoms with Crippen molar-refractivity contribution >= 4 is 5.69 Å². The monoisotopic (exact) mass is 220 g/mol. The summed E-state index contributed by atoms with van der Waals surface area (Å²) in [6.07, 6.45) is 2.63. The molecule has 0 saturated carbocycles. The second-order valence-corrected chi connectivity index (χ2v) is 4.31. The number of hydrogen-bond donors (Lipinski definition) is 1. The highest BCUT2D eigenvalue weighted by Gasteiger charge is 2.20. The normalized spacial score (nSPS) is 21.9. The van der Waals surface area contributed by atoms with Gasteiger partial charge in [0.05, 0.1) is 5.69 Å². The molecule has 0 bridgehead atoms. The summed E-state index contributed by atoms with van der Waals surface area (Å²) in [5.74, 6) is 0.824. The molecule has 1 saturated heterocycles. The number of benzene rings is 1. The first-order valence-electron chi connectivity index (χ1n) is 6.03. The van der Waals surface area contributed by atoms with Crippen LogP contribution in [0.2, 0.25) is 0 Å². The molecule has 1 aliphatic rings. The number of nitrogens with two attached hydrogens (primary N) is 1. The average Bonchev–Trinajstić information content (AvgIpc) is 2.32. The molecule has 1 aliphatic heterocycles. The molecule has 1 atom stereocenters. The summed E-state index contributed by atoms with van der Waals surface area (Å²) < 4.78 is 5.95. The molecule has 3 heteroatoms. The van der Waals surface area contributed by atoms with Gasteiger partial charge in [0.2, 0.25) is 0 Å². The van der Waals surface area contributed by atoms with Crippen LogP contribution in [0.5, 0.6) is 5.75 Å². The zero-order chi connectivity index (χ0) is 11.4. The molecule has 1 aromatic rings. The fourth-order valence-electron chi connectivity index (χ4n) is 2.16. The smallest absolute Gasteiger partial charge is 0.142 e. The molecule has 2 N–H and O–H groups in total. The van der Waals surface area contributed by atoms with E-state index in [0.29, 0.717) is 6.10 Å². The highest BCUT2D eigenvalue weighted by Crippen LogP contribution is 2.23. The number of likely N-dealkylation sites (tertiary alicyclic amines) is 1. The summed E-state index contributed by atoms with van der Waals surface area (Å²) in [5, 5.41) is 0. The third-order valence-corrected chi connectivity index (χ3v) is 3.12. The van der Waals surface area contributed by atoms with Gasteiger partial charge < -0.3 is 10.5 Å². The Kier molecular flexibility index (Phi) is 3.67. The maximum atomic E-state index is 5.95. The quantitative estimate of drug-likeness (QED) is 0.793. The SMILES string of the molecule is CCN1CCC[C@@H](Oc2ccccc2N)C1. The molecule has 3 nitrogen and oxygen atoms in total. The van der Waals surface area contributed by atoms with Gasteiger partial charge in [-0.1, -0.05) is 19.1 Å². The molecule has 1 heterocycles. The van der Waals surface area contributed by atoms with Crippen LogP contribution in [0.15, 0.2) is 24.3 Å². The lowest BCUT2D eigenvalue weighted by atomic mass is 10.1. The lowest BCUT2D eigenvalue weighted by Crippen LogP contribution is -2.40. The van der Waals surface area contributed by atoms with E-state index in [4.69, 9.17) is 10.5 Å².